The van der Waals surface area contributed by atoms with E-state index in [-0.39, 0.29) is 22.2 Å². The summed E-state index contributed by atoms with van der Waals surface area (Å²) in [4.78, 5) is 21.2. The summed E-state index contributed by atoms with van der Waals surface area (Å²) in [5, 5.41) is 21.8. The summed E-state index contributed by atoms with van der Waals surface area (Å²) in [7, 11) is 0. The lowest BCUT2D eigenvalue weighted by Crippen LogP contribution is -2.48. The fourth-order valence-electron chi connectivity index (χ4n) is 3.47. The third-order valence-corrected chi connectivity index (χ3v) is 4.21. The Bertz CT molecular complexity index is 423. The molecule has 2 aliphatic heterocycles. The van der Waals surface area contributed by atoms with Gasteiger partial charge in [-0.05, 0) is 6.42 Å². The fourth-order valence-corrected chi connectivity index (χ4v) is 3.47. The highest BCUT2D eigenvalue weighted by Crippen LogP contribution is 2.52. The Labute approximate surface area is 96.7 Å². The third-order valence-electron chi connectivity index (χ3n) is 4.21. The molecule has 2 heterocycles. The van der Waals surface area contributed by atoms with Crippen LogP contribution in [0.4, 0.5) is 0 Å². The van der Waals surface area contributed by atoms with Gasteiger partial charge in [-0.25, -0.2) is 0 Å². The molecule has 3 rings (SSSR count). The molecule has 2 fully saturated rings. The minimum absolute atomic E-state index is 0.205. The van der Waals surface area contributed by atoms with E-state index in [1.165, 1.54) is 0 Å². The number of nitrogens with zero attached hydrogens (tertiary/aromatic N) is 2. The van der Waals surface area contributed by atoms with Crippen LogP contribution >= 0.6 is 0 Å². The highest BCUT2D eigenvalue weighted by atomic mass is 16.6. The molecule has 0 aromatic carbocycles. The minimum Gasteiger partial charge on any atom is -0.356 e. The lowest BCUT2D eigenvalue weighted by molar-refractivity contribution is -0.541. The van der Waals surface area contributed by atoms with Gasteiger partial charge in [0.2, 0.25) is 12.1 Å². The van der Waals surface area contributed by atoms with E-state index in [1.54, 1.807) is 12.2 Å². The summed E-state index contributed by atoms with van der Waals surface area (Å²) in [6, 6.07) is -1.37. The largest absolute Gasteiger partial charge is 0.356 e. The standard InChI is InChI=1S/C10H12N2O5/c13-11(14)6-1-2-7-9(12(15)16)8-3-4-10(7,5-6)17-8/h3-4,6-9H,1-2,5H2/t6-,7-,8-,9-,10-/m0/s1. The summed E-state index contributed by atoms with van der Waals surface area (Å²) >= 11 is 0. The molecular weight excluding hydrogens is 228 g/mol. The number of nitro groups is 2. The lowest BCUT2D eigenvalue weighted by Gasteiger charge is -2.35. The van der Waals surface area contributed by atoms with Crippen LogP contribution in [0.3, 0.4) is 0 Å². The molecule has 1 saturated carbocycles. The van der Waals surface area contributed by atoms with Crippen molar-refractivity contribution in [2.45, 2.75) is 43.1 Å². The van der Waals surface area contributed by atoms with Gasteiger partial charge in [0.25, 0.3) is 0 Å². The van der Waals surface area contributed by atoms with Crippen molar-refractivity contribution in [3.8, 4) is 0 Å². The first kappa shape index (κ1) is 10.6. The maximum absolute atomic E-state index is 11.0. The molecule has 0 aromatic heterocycles. The maximum atomic E-state index is 11.0. The molecule has 0 amide bonds. The van der Waals surface area contributed by atoms with Crippen LogP contribution in [-0.2, 0) is 4.74 Å². The van der Waals surface area contributed by atoms with Crippen LogP contribution in [-0.4, -0.2) is 33.6 Å². The summed E-state index contributed by atoms with van der Waals surface area (Å²) < 4.78 is 5.66. The first-order valence-corrected chi connectivity index (χ1v) is 5.68. The first-order chi connectivity index (χ1) is 8.03. The molecule has 5 atom stereocenters. The molecule has 0 N–H and O–H groups in total. The molecule has 1 spiro atoms. The molecule has 0 radical (unpaired) electrons. The van der Waals surface area contributed by atoms with Gasteiger partial charge in [-0.2, -0.15) is 0 Å². The zero-order chi connectivity index (χ0) is 12.2. The average Bonchev–Trinajstić information content (AvgIpc) is 2.80. The van der Waals surface area contributed by atoms with E-state index in [0.717, 1.165) is 0 Å². The molecule has 0 aromatic rings. The topological polar surface area (TPSA) is 95.5 Å². The van der Waals surface area contributed by atoms with E-state index in [0.29, 0.717) is 12.8 Å². The van der Waals surface area contributed by atoms with Gasteiger partial charge in [-0.1, -0.05) is 12.2 Å². The highest BCUT2D eigenvalue weighted by Gasteiger charge is 2.65. The predicted octanol–water partition coefficient (Wildman–Crippen LogP) is 0.784. The Morgan fingerprint density at radius 1 is 1.24 bits per heavy atom. The van der Waals surface area contributed by atoms with Gasteiger partial charge in [0.05, 0.1) is 5.92 Å². The molecule has 7 heteroatoms. The average molecular weight is 240 g/mol. The second-order valence-corrected chi connectivity index (χ2v) is 5.00. The van der Waals surface area contributed by atoms with Crippen LogP contribution in [0.25, 0.3) is 0 Å². The molecule has 1 aliphatic carbocycles. The third kappa shape index (κ3) is 1.32. The van der Waals surface area contributed by atoms with Gasteiger partial charge in [-0.3, -0.25) is 20.2 Å². The number of rotatable bonds is 2. The second kappa shape index (κ2) is 3.25. The molecule has 2 bridgehead atoms. The molecule has 17 heavy (non-hydrogen) atoms. The van der Waals surface area contributed by atoms with Gasteiger partial charge < -0.3 is 4.74 Å². The van der Waals surface area contributed by atoms with Crippen molar-refractivity contribution in [2.24, 2.45) is 5.92 Å². The Balaban J connectivity index is 1.90. The predicted molar refractivity (Wildman–Crippen MR) is 55.6 cm³/mol. The zero-order valence-corrected chi connectivity index (χ0v) is 9.02. The summed E-state index contributed by atoms with van der Waals surface area (Å²) in [5.74, 6) is -0.205. The van der Waals surface area contributed by atoms with E-state index in [4.69, 9.17) is 4.74 Å². The maximum Gasteiger partial charge on any atom is 0.248 e. The van der Waals surface area contributed by atoms with Crippen molar-refractivity contribution < 1.29 is 14.6 Å². The monoisotopic (exact) mass is 240 g/mol. The lowest BCUT2D eigenvalue weighted by atomic mass is 9.69. The van der Waals surface area contributed by atoms with Crippen LogP contribution in [0, 0.1) is 26.1 Å². The van der Waals surface area contributed by atoms with E-state index in [2.05, 4.69) is 0 Å². The van der Waals surface area contributed by atoms with Gasteiger partial charge in [0.15, 0.2) is 0 Å². The van der Waals surface area contributed by atoms with Crippen molar-refractivity contribution in [1.82, 2.24) is 0 Å². The molecule has 3 aliphatic rings. The Morgan fingerprint density at radius 3 is 2.65 bits per heavy atom. The quantitative estimate of drug-likeness (QED) is 0.404. The zero-order valence-electron chi connectivity index (χ0n) is 9.02. The van der Waals surface area contributed by atoms with Crippen LogP contribution in [0.2, 0.25) is 0 Å². The van der Waals surface area contributed by atoms with Crippen molar-refractivity contribution in [3.05, 3.63) is 32.4 Å². The number of ether oxygens (including phenoxy) is 1. The molecule has 0 unspecified atom stereocenters. The van der Waals surface area contributed by atoms with Crippen molar-refractivity contribution >= 4 is 0 Å². The van der Waals surface area contributed by atoms with Crippen LogP contribution in [0.5, 0.6) is 0 Å². The molecule has 92 valence electrons. The SMILES string of the molecule is O=[N+]([O-])[C@H]1CC[C@H]2[C@H]([N+](=O)[O-])[C@@H]3C=C[C@@]2(C1)O3. The van der Waals surface area contributed by atoms with Gasteiger partial charge in [0.1, 0.15) is 11.7 Å². The van der Waals surface area contributed by atoms with Crippen LogP contribution < -0.4 is 0 Å². The highest BCUT2D eigenvalue weighted by molar-refractivity contribution is 5.25. The van der Waals surface area contributed by atoms with Crippen molar-refractivity contribution in [3.63, 3.8) is 0 Å². The number of hydrogen-bond donors (Lipinski definition) is 0. The second-order valence-electron chi connectivity index (χ2n) is 5.00. The smallest absolute Gasteiger partial charge is 0.248 e. The Morgan fingerprint density at radius 2 is 2.00 bits per heavy atom. The molecule has 7 nitrogen and oxygen atoms in total. The Kier molecular flexibility index (Phi) is 2.04. The van der Waals surface area contributed by atoms with Gasteiger partial charge >= 0.3 is 0 Å². The van der Waals surface area contributed by atoms with Crippen molar-refractivity contribution in [1.29, 1.82) is 0 Å². The molecule has 1 saturated heterocycles. The summed E-state index contributed by atoms with van der Waals surface area (Å²) in [5.41, 5.74) is -0.752. The van der Waals surface area contributed by atoms with E-state index in [9.17, 15) is 20.2 Å². The number of hydrogen-bond acceptors (Lipinski definition) is 5. The Hall–Kier alpha value is -1.50. The van der Waals surface area contributed by atoms with Crippen LogP contribution in [0.1, 0.15) is 19.3 Å². The summed E-state index contributed by atoms with van der Waals surface area (Å²) in [6.07, 6.45) is 4.17. The van der Waals surface area contributed by atoms with E-state index in [1.807, 2.05) is 0 Å². The molecular formula is C10H12N2O5. The number of fused-ring (bicyclic) bond motifs is 1. The van der Waals surface area contributed by atoms with Crippen LogP contribution in [0.15, 0.2) is 12.2 Å². The van der Waals surface area contributed by atoms with Gasteiger partial charge in [-0.15, -0.1) is 0 Å². The van der Waals surface area contributed by atoms with Crippen molar-refractivity contribution in [2.75, 3.05) is 0 Å². The fraction of sp³-hybridized carbons (Fsp3) is 0.800. The van der Waals surface area contributed by atoms with E-state index < -0.39 is 23.8 Å². The van der Waals surface area contributed by atoms with E-state index >= 15 is 0 Å². The minimum atomic E-state index is -0.752. The van der Waals surface area contributed by atoms with Gasteiger partial charge in [0, 0.05) is 22.7 Å². The normalized spacial score (nSPS) is 46.8. The first-order valence-electron chi connectivity index (χ1n) is 5.68. The summed E-state index contributed by atoms with van der Waals surface area (Å²) in [6.45, 7) is 0.